The Morgan fingerprint density at radius 3 is 2.82 bits per heavy atom. The van der Waals surface area contributed by atoms with Crippen molar-refractivity contribution in [2.24, 2.45) is 0 Å². The summed E-state index contributed by atoms with van der Waals surface area (Å²) in [5.74, 6) is 0.633. The van der Waals surface area contributed by atoms with Gasteiger partial charge in [-0.15, -0.1) is 11.3 Å². The molecule has 0 aliphatic carbocycles. The number of furan rings is 1. The van der Waals surface area contributed by atoms with Gasteiger partial charge in [0.05, 0.1) is 6.26 Å². The molecular weight excluding hydrogens is 232 g/mol. The quantitative estimate of drug-likeness (QED) is 0.742. The summed E-state index contributed by atoms with van der Waals surface area (Å²) in [6.45, 7) is 1.94. The molecule has 3 heteroatoms. The third kappa shape index (κ3) is 1.68. The molecule has 3 aromatic rings. The zero-order valence-corrected chi connectivity index (χ0v) is 10.2. The Morgan fingerprint density at radius 1 is 1.24 bits per heavy atom. The van der Waals surface area contributed by atoms with Crippen molar-refractivity contribution in [2.45, 2.75) is 13.0 Å². The molecule has 2 aromatic heterocycles. The van der Waals surface area contributed by atoms with E-state index in [2.05, 4.69) is 6.07 Å². The average molecular weight is 244 g/mol. The second-order valence-corrected chi connectivity index (χ2v) is 4.97. The highest BCUT2D eigenvalue weighted by Crippen LogP contribution is 2.34. The van der Waals surface area contributed by atoms with Crippen molar-refractivity contribution in [3.8, 4) is 0 Å². The topological polar surface area (TPSA) is 33.4 Å². The zero-order valence-electron chi connectivity index (χ0n) is 9.38. The number of fused-ring (bicyclic) bond motifs is 1. The van der Waals surface area contributed by atoms with Crippen molar-refractivity contribution >= 4 is 21.4 Å². The molecule has 3 rings (SSSR count). The molecule has 1 aromatic carbocycles. The average Bonchev–Trinajstić information content (AvgIpc) is 2.94. The fourth-order valence-corrected chi connectivity index (χ4v) is 3.00. The van der Waals surface area contributed by atoms with E-state index < -0.39 is 6.10 Å². The molecule has 1 N–H and O–H groups in total. The minimum absolute atomic E-state index is 0.633. The maximum Gasteiger partial charge on any atom is 0.139 e. The van der Waals surface area contributed by atoms with Gasteiger partial charge in [-0.25, -0.2) is 0 Å². The predicted molar refractivity (Wildman–Crippen MR) is 69.3 cm³/mol. The lowest BCUT2D eigenvalue weighted by molar-refractivity contribution is 0.190. The molecule has 0 bridgehead atoms. The largest absolute Gasteiger partial charge is 0.466 e. The number of thiophene rings is 1. The summed E-state index contributed by atoms with van der Waals surface area (Å²) in [5, 5.41) is 13.5. The molecule has 86 valence electrons. The Morgan fingerprint density at radius 2 is 2.06 bits per heavy atom. The summed E-state index contributed by atoms with van der Waals surface area (Å²) in [5.41, 5.74) is 1.90. The Hall–Kier alpha value is -1.58. The standard InChI is InChI=1S/C14H12O2S/c1-9-6-7-16-14(9)13(15)11-8-17-12-5-3-2-4-10(11)12/h2-8,13,15H,1H3. The molecule has 0 amide bonds. The molecule has 0 fully saturated rings. The smallest absolute Gasteiger partial charge is 0.139 e. The van der Waals surface area contributed by atoms with Crippen molar-refractivity contribution in [1.29, 1.82) is 0 Å². The van der Waals surface area contributed by atoms with Crippen LogP contribution in [0, 0.1) is 6.92 Å². The first-order chi connectivity index (χ1) is 8.27. The van der Waals surface area contributed by atoms with Crippen LogP contribution in [0.2, 0.25) is 0 Å². The van der Waals surface area contributed by atoms with Crippen LogP contribution in [0.3, 0.4) is 0 Å². The molecule has 0 radical (unpaired) electrons. The molecule has 17 heavy (non-hydrogen) atoms. The van der Waals surface area contributed by atoms with Crippen LogP contribution in [-0.2, 0) is 0 Å². The van der Waals surface area contributed by atoms with Crippen LogP contribution in [0.25, 0.3) is 10.1 Å². The van der Waals surface area contributed by atoms with Crippen LogP contribution in [0.15, 0.2) is 46.4 Å². The van der Waals surface area contributed by atoms with Crippen LogP contribution in [0.4, 0.5) is 0 Å². The fourth-order valence-electron chi connectivity index (χ4n) is 2.02. The minimum Gasteiger partial charge on any atom is -0.466 e. The molecule has 1 unspecified atom stereocenters. The van der Waals surface area contributed by atoms with E-state index in [0.29, 0.717) is 5.76 Å². The van der Waals surface area contributed by atoms with Gasteiger partial charge in [-0.1, -0.05) is 18.2 Å². The molecule has 0 saturated heterocycles. The van der Waals surface area contributed by atoms with Gasteiger partial charge in [0, 0.05) is 10.3 Å². The lowest BCUT2D eigenvalue weighted by Gasteiger charge is -2.08. The maximum absolute atomic E-state index is 10.4. The van der Waals surface area contributed by atoms with Crippen LogP contribution in [-0.4, -0.2) is 5.11 Å². The van der Waals surface area contributed by atoms with E-state index >= 15 is 0 Å². The van der Waals surface area contributed by atoms with E-state index in [-0.39, 0.29) is 0 Å². The van der Waals surface area contributed by atoms with E-state index in [9.17, 15) is 5.11 Å². The highest BCUT2D eigenvalue weighted by Gasteiger charge is 2.19. The molecule has 0 saturated carbocycles. The Kier molecular flexibility index (Phi) is 2.50. The van der Waals surface area contributed by atoms with Crippen molar-refractivity contribution < 1.29 is 9.52 Å². The molecule has 2 heterocycles. The Labute approximate surface area is 103 Å². The highest BCUT2D eigenvalue weighted by atomic mass is 32.1. The van der Waals surface area contributed by atoms with E-state index in [1.54, 1.807) is 17.6 Å². The van der Waals surface area contributed by atoms with E-state index in [1.807, 2.05) is 36.6 Å². The van der Waals surface area contributed by atoms with Gasteiger partial charge in [0.25, 0.3) is 0 Å². The van der Waals surface area contributed by atoms with Gasteiger partial charge in [-0.05, 0) is 35.4 Å². The molecule has 0 spiro atoms. The SMILES string of the molecule is Cc1ccoc1C(O)c1csc2ccccc12. The monoisotopic (exact) mass is 244 g/mol. The van der Waals surface area contributed by atoms with Gasteiger partial charge in [0.2, 0.25) is 0 Å². The van der Waals surface area contributed by atoms with Crippen LogP contribution < -0.4 is 0 Å². The van der Waals surface area contributed by atoms with Gasteiger partial charge in [-0.2, -0.15) is 0 Å². The van der Waals surface area contributed by atoms with Crippen molar-refractivity contribution in [2.75, 3.05) is 0 Å². The lowest BCUT2D eigenvalue weighted by atomic mass is 10.0. The van der Waals surface area contributed by atoms with E-state index in [4.69, 9.17) is 4.42 Å². The summed E-state index contributed by atoms with van der Waals surface area (Å²) in [7, 11) is 0. The summed E-state index contributed by atoms with van der Waals surface area (Å²) in [6, 6.07) is 9.95. The van der Waals surface area contributed by atoms with Crippen LogP contribution >= 0.6 is 11.3 Å². The Bertz CT molecular complexity index is 651. The summed E-state index contributed by atoms with van der Waals surface area (Å²) < 4.78 is 6.54. The fraction of sp³-hybridized carbons (Fsp3) is 0.143. The molecule has 0 aliphatic rings. The molecule has 0 aliphatic heterocycles. The normalized spacial score (nSPS) is 13.1. The van der Waals surface area contributed by atoms with E-state index in [0.717, 1.165) is 16.5 Å². The van der Waals surface area contributed by atoms with Gasteiger partial charge in [-0.3, -0.25) is 0 Å². The van der Waals surface area contributed by atoms with Crippen LogP contribution in [0.1, 0.15) is 23.0 Å². The summed E-state index contributed by atoms with van der Waals surface area (Å²) in [4.78, 5) is 0. The summed E-state index contributed by atoms with van der Waals surface area (Å²) in [6.07, 6.45) is 0.934. The number of rotatable bonds is 2. The number of benzene rings is 1. The third-order valence-electron chi connectivity index (χ3n) is 2.96. The first kappa shape index (κ1) is 10.6. The van der Waals surface area contributed by atoms with Gasteiger partial charge >= 0.3 is 0 Å². The van der Waals surface area contributed by atoms with Crippen LogP contribution in [0.5, 0.6) is 0 Å². The first-order valence-electron chi connectivity index (χ1n) is 5.45. The Balaban J connectivity index is 2.13. The molecular formula is C14H12O2S. The molecule has 2 nitrogen and oxygen atoms in total. The summed E-state index contributed by atoms with van der Waals surface area (Å²) >= 11 is 1.64. The van der Waals surface area contributed by atoms with Crippen molar-refractivity contribution in [1.82, 2.24) is 0 Å². The number of aryl methyl sites for hydroxylation is 1. The van der Waals surface area contributed by atoms with Crippen molar-refractivity contribution in [3.63, 3.8) is 0 Å². The molecule has 1 atom stereocenters. The number of hydrogen-bond donors (Lipinski definition) is 1. The second-order valence-electron chi connectivity index (χ2n) is 4.06. The second kappa shape index (κ2) is 4.02. The predicted octanol–water partition coefficient (Wildman–Crippen LogP) is 3.88. The van der Waals surface area contributed by atoms with Crippen molar-refractivity contribution in [3.05, 3.63) is 58.9 Å². The van der Waals surface area contributed by atoms with E-state index in [1.165, 1.54) is 4.70 Å². The van der Waals surface area contributed by atoms with Gasteiger partial charge < -0.3 is 9.52 Å². The number of hydrogen-bond acceptors (Lipinski definition) is 3. The third-order valence-corrected chi connectivity index (χ3v) is 3.94. The minimum atomic E-state index is -0.679. The number of aliphatic hydroxyl groups is 1. The zero-order chi connectivity index (χ0) is 11.8. The lowest BCUT2D eigenvalue weighted by Crippen LogP contribution is -1.98. The van der Waals surface area contributed by atoms with Gasteiger partial charge in [0.15, 0.2) is 0 Å². The highest BCUT2D eigenvalue weighted by molar-refractivity contribution is 7.17. The van der Waals surface area contributed by atoms with Gasteiger partial charge in [0.1, 0.15) is 11.9 Å². The number of aliphatic hydroxyl groups excluding tert-OH is 1. The first-order valence-corrected chi connectivity index (χ1v) is 6.33. The maximum atomic E-state index is 10.4.